The topological polar surface area (TPSA) is 154 Å². The lowest BCUT2D eigenvalue weighted by Gasteiger charge is -2.32. The molecule has 2 amide bonds. The molecule has 0 aliphatic carbocycles. The lowest BCUT2D eigenvalue weighted by molar-refractivity contribution is -0.141. The Labute approximate surface area is 253 Å². The molecule has 0 spiro atoms. The van der Waals surface area contributed by atoms with Crippen LogP contribution >= 0.6 is 11.3 Å². The predicted molar refractivity (Wildman–Crippen MR) is 166 cm³/mol. The third-order valence-corrected chi connectivity index (χ3v) is 8.42. The van der Waals surface area contributed by atoms with Crippen molar-refractivity contribution in [1.82, 2.24) is 35.5 Å². The molecule has 1 atom stereocenters. The summed E-state index contributed by atoms with van der Waals surface area (Å²) in [6, 6.07) is 8.45. The van der Waals surface area contributed by atoms with E-state index in [0.29, 0.717) is 42.8 Å². The number of hydrogen-bond acceptors (Lipinski definition) is 10. The van der Waals surface area contributed by atoms with Gasteiger partial charge in [0.05, 0.1) is 34.5 Å². The van der Waals surface area contributed by atoms with Gasteiger partial charge in [0, 0.05) is 62.4 Å². The van der Waals surface area contributed by atoms with E-state index in [0.717, 1.165) is 46.7 Å². The fourth-order valence-electron chi connectivity index (χ4n) is 5.05. The average molecular weight is 605 g/mol. The highest BCUT2D eigenvalue weighted by molar-refractivity contribution is 7.22. The summed E-state index contributed by atoms with van der Waals surface area (Å²) in [6.45, 7) is 10.4. The van der Waals surface area contributed by atoms with Crippen LogP contribution in [-0.4, -0.2) is 93.9 Å². The fraction of sp³-hybridized carbons (Fsp3) is 0.400. The number of carbonyl (C=O) groups is 2. The summed E-state index contributed by atoms with van der Waals surface area (Å²) in [6.07, 6.45) is 5.15. The van der Waals surface area contributed by atoms with Crippen LogP contribution in [0.15, 0.2) is 48.9 Å². The highest BCUT2D eigenvalue weighted by atomic mass is 32.1. The second kappa shape index (κ2) is 13.5. The molecule has 0 saturated carbocycles. The highest BCUT2D eigenvalue weighted by Gasteiger charge is 2.39. The molecule has 1 aliphatic heterocycles. The standard InChI is InChI=1S/C30H36N8O4S/c1-4-31-28(41)37-29-36-23-16-19(15-21(24(23)43-29)22-7-5-6-8-32-22)20-17-34-27(35-18-20)30(2,3)25(26(39)40)33-9-10-38-11-13-42-14-12-38/h5-8,15-18,25,33H,4,9-14H2,1-3H3,(H,39,40)(H2,31,36,37,41). The quantitative estimate of drug-likeness (QED) is 0.200. The summed E-state index contributed by atoms with van der Waals surface area (Å²) in [7, 11) is 0. The van der Waals surface area contributed by atoms with Crippen LogP contribution in [-0.2, 0) is 14.9 Å². The van der Waals surface area contributed by atoms with Crippen molar-refractivity contribution in [3.63, 3.8) is 0 Å². The van der Waals surface area contributed by atoms with E-state index in [1.807, 2.05) is 51.1 Å². The highest BCUT2D eigenvalue weighted by Crippen LogP contribution is 2.38. The van der Waals surface area contributed by atoms with Gasteiger partial charge in [-0.2, -0.15) is 0 Å². The molecular formula is C30H36N8O4S. The molecule has 43 heavy (non-hydrogen) atoms. The Morgan fingerprint density at radius 3 is 2.56 bits per heavy atom. The first-order chi connectivity index (χ1) is 20.8. The SMILES string of the molecule is CCNC(=O)Nc1nc2cc(-c3cnc(C(C)(C)C(NCCN4CCOCC4)C(=O)O)nc3)cc(-c3ccccn3)c2s1. The second-order valence-corrected chi connectivity index (χ2v) is 11.8. The average Bonchev–Trinajstić information content (AvgIpc) is 3.42. The van der Waals surface area contributed by atoms with Gasteiger partial charge in [0.15, 0.2) is 5.13 Å². The first-order valence-corrected chi connectivity index (χ1v) is 15.1. The number of fused-ring (bicyclic) bond motifs is 1. The van der Waals surface area contributed by atoms with E-state index in [9.17, 15) is 14.7 Å². The Kier molecular flexibility index (Phi) is 9.56. The lowest BCUT2D eigenvalue weighted by Crippen LogP contribution is -2.53. The van der Waals surface area contributed by atoms with Gasteiger partial charge in [0.1, 0.15) is 11.9 Å². The minimum Gasteiger partial charge on any atom is -0.480 e. The molecule has 1 aliphatic rings. The van der Waals surface area contributed by atoms with Gasteiger partial charge in [-0.3, -0.25) is 20.0 Å². The molecule has 4 heterocycles. The number of benzene rings is 1. The van der Waals surface area contributed by atoms with Crippen molar-refractivity contribution >= 4 is 38.7 Å². The molecule has 4 aromatic rings. The molecule has 1 aromatic carbocycles. The largest absolute Gasteiger partial charge is 0.480 e. The number of anilines is 1. The maximum Gasteiger partial charge on any atom is 0.321 e. The first-order valence-electron chi connectivity index (χ1n) is 14.3. The zero-order valence-electron chi connectivity index (χ0n) is 24.5. The van der Waals surface area contributed by atoms with Gasteiger partial charge < -0.3 is 20.5 Å². The third-order valence-electron chi connectivity index (χ3n) is 7.40. The monoisotopic (exact) mass is 604 g/mol. The summed E-state index contributed by atoms with van der Waals surface area (Å²) in [5, 5.41) is 19.3. The Morgan fingerprint density at radius 1 is 1.12 bits per heavy atom. The van der Waals surface area contributed by atoms with Gasteiger partial charge in [0.2, 0.25) is 0 Å². The minimum atomic E-state index is -0.953. The number of aromatic nitrogens is 4. The predicted octanol–water partition coefficient (Wildman–Crippen LogP) is 3.61. The van der Waals surface area contributed by atoms with Crippen molar-refractivity contribution in [1.29, 1.82) is 0 Å². The Hall–Kier alpha value is -4.04. The molecule has 1 unspecified atom stereocenters. The number of pyridine rings is 1. The van der Waals surface area contributed by atoms with Crippen molar-refractivity contribution in [3.8, 4) is 22.4 Å². The van der Waals surface area contributed by atoms with Gasteiger partial charge in [-0.05, 0) is 36.8 Å². The van der Waals surface area contributed by atoms with Gasteiger partial charge >= 0.3 is 12.0 Å². The van der Waals surface area contributed by atoms with E-state index in [1.165, 1.54) is 11.3 Å². The van der Waals surface area contributed by atoms with E-state index in [2.05, 4.69) is 40.8 Å². The summed E-state index contributed by atoms with van der Waals surface area (Å²) < 4.78 is 6.29. The second-order valence-electron chi connectivity index (χ2n) is 10.8. The number of hydrogen-bond donors (Lipinski definition) is 4. The number of morpholine rings is 1. The molecule has 0 bridgehead atoms. The number of urea groups is 1. The molecule has 5 rings (SSSR count). The van der Waals surface area contributed by atoms with Gasteiger partial charge in [-0.25, -0.2) is 19.7 Å². The fourth-order valence-corrected chi connectivity index (χ4v) is 6.01. The van der Waals surface area contributed by atoms with Crippen LogP contribution in [0.25, 0.3) is 32.6 Å². The Bertz CT molecular complexity index is 1560. The van der Waals surface area contributed by atoms with Crippen molar-refractivity contribution < 1.29 is 19.4 Å². The number of nitrogens with zero attached hydrogens (tertiary/aromatic N) is 5. The summed E-state index contributed by atoms with van der Waals surface area (Å²) in [5.41, 5.74) is 3.04. The maximum atomic E-state index is 12.3. The van der Waals surface area contributed by atoms with E-state index < -0.39 is 17.4 Å². The molecule has 13 heteroatoms. The lowest BCUT2D eigenvalue weighted by atomic mass is 9.83. The van der Waals surface area contributed by atoms with E-state index >= 15 is 0 Å². The number of carbonyl (C=O) groups excluding carboxylic acids is 1. The number of carboxylic acid groups (broad SMARTS) is 1. The van der Waals surface area contributed by atoms with Crippen LogP contribution in [0.5, 0.6) is 0 Å². The third kappa shape index (κ3) is 7.13. The molecule has 0 radical (unpaired) electrons. The van der Waals surface area contributed by atoms with E-state index in [1.54, 1.807) is 18.6 Å². The molecule has 4 N–H and O–H groups in total. The number of ether oxygens (including phenoxy) is 1. The van der Waals surface area contributed by atoms with Crippen LogP contribution < -0.4 is 16.0 Å². The van der Waals surface area contributed by atoms with Crippen molar-refractivity contribution in [2.24, 2.45) is 0 Å². The molecule has 226 valence electrons. The van der Waals surface area contributed by atoms with Crippen LogP contribution in [0, 0.1) is 0 Å². The van der Waals surface area contributed by atoms with Gasteiger partial charge in [-0.15, -0.1) is 0 Å². The molecule has 1 fully saturated rings. The Balaban J connectivity index is 1.41. The summed E-state index contributed by atoms with van der Waals surface area (Å²) in [5.74, 6) is -0.527. The van der Waals surface area contributed by atoms with Gasteiger partial charge in [0.25, 0.3) is 0 Å². The van der Waals surface area contributed by atoms with E-state index in [4.69, 9.17) is 4.74 Å². The number of aliphatic carboxylic acids is 1. The Morgan fingerprint density at radius 2 is 1.88 bits per heavy atom. The van der Waals surface area contributed by atoms with Crippen LogP contribution in [0.1, 0.15) is 26.6 Å². The number of thiazole rings is 1. The molecular weight excluding hydrogens is 568 g/mol. The zero-order chi connectivity index (χ0) is 30.4. The van der Waals surface area contributed by atoms with Crippen LogP contribution in [0.2, 0.25) is 0 Å². The molecule has 1 saturated heterocycles. The first kappa shape index (κ1) is 30.4. The normalized spacial score (nSPS) is 14.9. The number of rotatable bonds is 11. The van der Waals surface area contributed by atoms with Crippen molar-refractivity contribution in [2.75, 3.05) is 51.3 Å². The number of nitrogens with one attached hydrogen (secondary N) is 3. The summed E-state index contributed by atoms with van der Waals surface area (Å²) >= 11 is 1.38. The number of carboxylic acids is 1. The van der Waals surface area contributed by atoms with Gasteiger partial charge in [-0.1, -0.05) is 31.3 Å². The molecule has 12 nitrogen and oxygen atoms in total. The molecule has 3 aromatic heterocycles. The minimum absolute atomic E-state index is 0.317. The summed E-state index contributed by atoms with van der Waals surface area (Å²) in [4.78, 5) is 45.2. The van der Waals surface area contributed by atoms with Crippen LogP contribution in [0.4, 0.5) is 9.93 Å². The zero-order valence-corrected chi connectivity index (χ0v) is 25.3. The van der Waals surface area contributed by atoms with Crippen molar-refractivity contribution in [3.05, 3.63) is 54.7 Å². The number of amides is 2. The maximum absolute atomic E-state index is 12.3. The smallest absolute Gasteiger partial charge is 0.321 e. The van der Waals surface area contributed by atoms with Crippen LogP contribution in [0.3, 0.4) is 0 Å². The van der Waals surface area contributed by atoms with E-state index in [-0.39, 0.29) is 6.03 Å². The van der Waals surface area contributed by atoms with Crippen molar-refractivity contribution in [2.45, 2.75) is 32.2 Å².